The maximum atomic E-state index is 14.3. The second-order valence-electron chi connectivity index (χ2n) is 17.8. The first-order valence-corrected chi connectivity index (χ1v) is 21.9. The van der Waals surface area contributed by atoms with Crippen LogP contribution in [0.5, 0.6) is 0 Å². The molecule has 8 atom stereocenters. The van der Waals surface area contributed by atoms with Crippen LogP contribution in [0.4, 0.5) is 0 Å². The van der Waals surface area contributed by atoms with Gasteiger partial charge in [-0.15, -0.1) is 0 Å². The van der Waals surface area contributed by atoms with Crippen molar-refractivity contribution >= 4 is 49.7 Å². The normalized spacial score (nSPS) is 30.7. The molecule has 0 unspecified atom stereocenters. The molecular weight excluding hydrogens is 753 g/mol. The topological polar surface area (TPSA) is 153 Å². The predicted octanol–water partition coefficient (Wildman–Crippen LogP) is 7.02. The lowest BCUT2D eigenvalue weighted by Gasteiger charge is -2.45. The first-order valence-electron chi connectivity index (χ1n) is 20.5. The van der Waals surface area contributed by atoms with E-state index in [1.165, 1.54) is 14.9 Å². The fourth-order valence-corrected chi connectivity index (χ4v) is 14.6. The molecule has 3 N–H and O–H groups in total. The minimum absolute atomic E-state index is 0.0699. The average molecular weight is 801 g/mol. The molecule has 6 aliphatic rings. The third-order valence-corrected chi connectivity index (χ3v) is 16.7. The van der Waals surface area contributed by atoms with Gasteiger partial charge >= 0.3 is 11.9 Å². The number of benzene rings is 3. The van der Waals surface area contributed by atoms with Crippen LogP contribution in [0, 0.1) is 42.4 Å². The lowest BCUT2D eigenvalue weighted by atomic mass is 9.77. The van der Waals surface area contributed by atoms with Gasteiger partial charge < -0.3 is 25.0 Å². The molecule has 0 radical (unpaired) electrons. The Morgan fingerprint density at radius 3 is 2.05 bits per heavy atom. The molecule has 11 nitrogen and oxygen atoms in total. The summed E-state index contributed by atoms with van der Waals surface area (Å²) in [7, 11) is -3.92. The summed E-state index contributed by atoms with van der Waals surface area (Å²) in [5, 5.41) is 22.1. The van der Waals surface area contributed by atoms with Crippen molar-refractivity contribution < 1.29 is 33.0 Å². The SMILES string of the molecule is C=C1C[C@H]2[C@H](C(=O)O)[C@@H](C)C[C@]23c2c(c4ccccc4n2S(=O)(=O)c2ccc(C)cc2)CCN13.C[C@H]1C[C@@]23c4[nH]c5ccccc5c4CCN2C(=O)C[C@H]3[C@@H]1C(=O)O. The van der Waals surface area contributed by atoms with Gasteiger partial charge in [-0.3, -0.25) is 14.4 Å². The molecule has 3 aromatic carbocycles. The third kappa shape index (κ3) is 4.72. The van der Waals surface area contributed by atoms with Gasteiger partial charge in [0.15, 0.2) is 0 Å². The maximum absolute atomic E-state index is 14.3. The van der Waals surface area contributed by atoms with Crippen molar-refractivity contribution in [2.24, 2.45) is 35.5 Å². The lowest BCUT2D eigenvalue weighted by Crippen LogP contribution is -2.49. The molecule has 4 fully saturated rings. The van der Waals surface area contributed by atoms with Gasteiger partial charge in [0, 0.05) is 59.0 Å². The number of aromatic amines is 1. The smallest absolute Gasteiger partial charge is 0.307 e. The van der Waals surface area contributed by atoms with E-state index in [4.69, 9.17) is 0 Å². The number of nitrogens with zero attached hydrogens (tertiary/aromatic N) is 3. The zero-order valence-corrected chi connectivity index (χ0v) is 33.8. The van der Waals surface area contributed by atoms with Crippen molar-refractivity contribution in [2.45, 2.75) is 75.3 Å². The highest BCUT2D eigenvalue weighted by Crippen LogP contribution is 2.64. The van der Waals surface area contributed by atoms with Crippen molar-refractivity contribution in [3.05, 3.63) is 113 Å². The largest absolute Gasteiger partial charge is 0.481 e. The Labute approximate surface area is 337 Å². The van der Waals surface area contributed by atoms with Crippen LogP contribution in [0.25, 0.3) is 21.8 Å². The number of nitrogens with one attached hydrogen (secondary N) is 1. The highest BCUT2D eigenvalue weighted by atomic mass is 32.2. The fraction of sp³-hybridized carbons (Fsp3) is 0.413. The van der Waals surface area contributed by atoms with Crippen molar-refractivity contribution in [1.29, 1.82) is 0 Å². The monoisotopic (exact) mass is 800 g/mol. The zero-order valence-electron chi connectivity index (χ0n) is 32.9. The third-order valence-electron chi connectivity index (χ3n) is 15.0. The first kappa shape index (κ1) is 36.9. The Balaban J connectivity index is 0.000000149. The van der Waals surface area contributed by atoms with Gasteiger partial charge in [-0.05, 0) is 86.3 Å². The maximum Gasteiger partial charge on any atom is 0.307 e. The van der Waals surface area contributed by atoms with Crippen LogP contribution < -0.4 is 0 Å². The number of allylic oxidation sites excluding steroid dienone is 1. The Morgan fingerprint density at radius 2 is 1.36 bits per heavy atom. The van der Waals surface area contributed by atoms with Crippen LogP contribution in [-0.4, -0.2) is 68.3 Å². The summed E-state index contributed by atoms with van der Waals surface area (Å²) in [6.45, 7) is 11.7. The van der Waals surface area contributed by atoms with Gasteiger partial charge in [0.2, 0.25) is 5.91 Å². The summed E-state index contributed by atoms with van der Waals surface area (Å²) in [5.74, 6) is -2.80. The van der Waals surface area contributed by atoms with E-state index in [1.54, 1.807) is 12.1 Å². The lowest BCUT2D eigenvalue weighted by molar-refractivity contribution is -0.145. The molecule has 1 amide bonds. The number of hydrogen-bond acceptors (Lipinski definition) is 6. The summed E-state index contributed by atoms with van der Waals surface area (Å²) in [5.41, 5.74) is 6.66. The number of carboxylic acids is 2. The number of aromatic nitrogens is 2. The number of amides is 1. The van der Waals surface area contributed by atoms with Gasteiger partial charge in [-0.1, -0.05) is 74.5 Å². The molecule has 2 aliphatic carbocycles. The molecule has 11 rings (SSSR count). The van der Waals surface area contributed by atoms with Gasteiger partial charge in [0.05, 0.1) is 39.0 Å². The second kappa shape index (κ2) is 12.6. The second-order valence-corrected chi connectivity index (χ2v) is 19.6. The number of H-pyrrole nitrogens is 1. The van der Waals surface area contributed by atoms with Crippen LogP contribution in [0.15, 0.2) is 90.0 Å². The molecule has 6 heterocycles. The first-order chi connectivity index (χ1) is 27.7. The number of carbonyl (C=O) groups excluding carboxylic acids is 1. The van der Waals surface area contributed by atoms with Gasteiger partial charge in [0.1, 0.15) is 0 Å². The summed E-state index contributed by atoms with van der Waals surface area (Å²) < 4.78 is 30.0. The molecule has 58 heavy (non-hydrogen) atoms. The standard InChI is InChI=1S/C27H28N2O4S.C19H20N2O3/c1-16-8-10-19(11-9-16)34(32,33)29-23-7-5-4-6-20(23)21-12-13-28-18(3)14-22-24(26(30)31)17(2)15-27(22,28)25(21)29;1-10-9-19-13(16(10)18(23)24)8-15(22)21(19)7-6-12-11-4-2-3-5-14(11)20-17(12)19/h4-11,17,22,24H,3,12-15H2,1-2H3,(H,30,31);2-5,10,13,16,20H,6-9H2,1H3,(H,23,24)/t17-,22-,24+,27+;10-,13-,16+,19+/m00/s1. The van der Waals surface area contributed by atoms with E-state index < -0.39 is 44.9 Å². The Hall–Kier alpha value is -5.36. The number of carboxylic acid groups (broad SMARTS) is 2. The van der Waals surface area contributed by atoms with Crippen molar-refractivity contribution in [2.75, 3.05) is 13.1 Å². The number of aliphatic carboxylic acids is 2. The molecule has 4 aliphatic heterocycles. The molecule has 2 spiro atoms. The minimum Gasteiger partial charge on any atom is -0.481 e. The summed E-state index contributed by atoms with van der Waals surface area (Å²) in [6.07, 6.45) is 3.81. The van der Waals surface area contributed by atoms with Crippen LogP contribution >= 0.6 is 0 Å². The van der Waals surface area contributed by atoms with Crippen molar-refractivity contribution in [1.82, 2.24) is 18.8 Å². The van der Waals surface area contributed by atoms with E-state index in [-0.39, 0.29) is 34.5 Å². The van der Waals surface area contributed by atoms with Gasteiger partial charge in [-0.2, -0.15) is 0 Å². The highest BCUT2D eigenvalue weighted by molar-refractivity contribution is 7.90. The quantitative estimate of drug-likeness (QED) is 0.175. The van der Waals surface area contributed by atoms with Crippen molar-refractivity contribution in [3.63, 3.8) is 0 Å². The van der Waals surface area contributed by atoms with Crippen LogP contribution in [0.2, 0.25) is 0 Å². The van der Waals surface area contributed by atoms with Crippen LogP contribution in [0.1, 0.15) is 67.6 Å². The fourth-order valence-electron chi connectivity index (χ4n) is 12.9. The van der Waals surface area contributed by atoms with E-state index >= 15 is 0 Å². The predicted molar refractivity (Wildman–Crippen MR) is 218 cm³/mol. The zero-order chi connectivity index (χ0) is 40.6. The molecule has 2 saturated heterocycles. The van der Waals surface area contributed by atoms with E-state index in [2.05, 4.69) is 28.6 Å². The van der Waals surface area contributed by atoms with E-state index in [0.29, 0.717) is 37.7 Å². The molecule has 5 aromatic rings. The number of para-hydroxylation sites is 2. The molecular formula is C46H48N4O7S. The summed E-state index contributed by atoms with van der Waals surface area (Å²) in [4.78, 5) is 44.9. The van der Waals surface area contributed by atoms with E-state index in [1.807, 2.05) is 74.2 Å². The molecule has 2 aromatic heterocycles. The van der Waals surface area contributed by atoms with Crippen LogP contribution in [-0.2, 0) is 48.3 Å². The van der Waals surface area contributed by atoms with Gasteiger partial charge in [-0.25, -0.2) is 12.4 Å². The molecule has 2 saturated carbocycles. The number of rotatable bonds is 4. The van der Waals surface area contributed by atoms with E-state index in [9.17, 15) is 33.0 Å². The highest BCUT2D eigenvalue weighted by Gasteiger charge is 2.67. The Bertz CT molecular complexity index is 2720. The summed E-state index contributed by atoms with van der Waals surface area (Å²) in [6, 6.07) is 22.8. The van der Waals surface area contributed by atoms with Crippen molar-refractivity contribution in [3.8, 4) is 0 Å². The van der Waals surface area contributed by atoms with Crippen LogP contribution in [0.3, 0.4) is 0 Å². The Morgan fingerprint density at radius 1 is 0.776 bits per heavy atom. The number of aryl methyl sites for hydroxylation is 1. The average Bonchev–Trinajstić information content (AvgIpc) is 3.98. The minimum atomic E-state index is -3.92. The molecule has 12 heteroatoms. The molecule has 300 valence electrons. The Kier molecular flexibility index (Phi) is 8.01. The summed E-state index contributed by atoms with van der Waals surface area (Å²) >= 11 is 0. The molecule has 0 bridgehead atoms. The van der Waals surface area contributed by atoms with E-state index in [0.717, 1.165) is 58.5 Å². The number of fused-ring (bicyclic) bond motifs is 6. The number of hydrogen-bond donors (Lipinski definition) is 3. The van der Waals surface area contributed by atoms with Gasteiger partial charge in [0.25, 0.3) is 10.0 Å². The number of carbonyl (C=O) groups is 3.